The topological polar surface area (TPSA) is 33.6 Å². The van der Waals surface area contributed by atoms with Crippen LogP contribution < -0.4 is 0 Å². The highest BCUT2D eigenvalue weighted by molar-refractivity contribution is 7.71. The lowest BCUT2D eigenvalue weighted by molar-refractivity contribution is 0.627. The van der Waals surface area contributed by atoms with Crippen LogP contribution in [0.2, 0.25) is 0 Å². The summed E-state index contributed by atoms with van der Waals surface area (Å²) in [6.45, 7) is 0. The number of rotatable bonds is 1. The van der Waals surface area contributed by atoms with Crippen molar-refractivity contribution < 1.29 is 4.39 Å². The second-order valence-electron chi connectivity index (χ2n) is 3.63. The van der Waals surface area contributed by atoms with Gasteiger partial charge in [0.15, 0.2) is 4.77 Å². The number of hydrogen-bond acceptors (Lipinski definition) is 2. The summed E-state index contributed by atoms with van der Waals surface area (Å²) in [7, 11) is 0. The summed E-state index contributed by atoms with van der Waals surface area (Å²) >= 11 is 5.25. The molecular formula is C12H8FN3S. The number of aromatic amines is 1. The Labute approximate surface area is 102 Å². The van der Waals surface area contributed by atoms with Gasteiger partial charge in [-0.25, -0.2) is 4.39 Å². The smallest absolute Gasteiger partial charge is 0.182 e. The fourth-order valence-corrected chi connectivity index (χ4v) is 2.12. The molecule has 2 heterocycles. The van der Waals surface area contributed by atoms with Crippen LogP contribution in [0.15, 0.2) is 42.7 Å². The number of aromatic nitrogens is 3. The number of hydrogen-bond donors (Lipinski definition) is 1. The second kappa shape index (κ2) is 3.78. The molecule has 0 amide bonds. The van der Waals surface area contributed by atoms with E-state index in [9.17, 15) is 4.39 Å². The summed E-state index contributed by atoms with van der Waals surface area (Å²) in [6, 6.07) is 8.08. The lowest BCUT2D eigenvalue weighted by Gasteiger charge is -2.03. The molecule has 3 aromatic rings. The van der Waals surface area contributed by atoms with Gasteiger partial charge in [0.25, 0.3) is 0 Å². The minimum absolute atomic E-state index is 0.262. The van der Waals surface area contributed by atoms with E-state index in [1.807, 2.05) is 10.6 Å². The zero-order chi connectivity index (χ0) is 11.8. The van der Waals surface area contributed by atoms with E-state index in [2.05, 4.69) is 9.97 Å². The molecule has 0 saturated heterocycles. The third-order valence-electron chi connectivity index (χ3n) is 2.57. The normalized spacial score (nSPS) is 10.9. The van der Waals surface area contributed by atoms with Crippen LogP contribution in [0.5, 0.6) is 0 Å². The number of benzene rings is 1. The van der Waals surface area contributed by atoms with Gasteiger partial charge in [-0.3, -0.25) is 9.55 Å². The fraction of sp³-hybridized carbons (Fsp3) is 0. The molecule has 84 valence electrons. The van der Waals surface area contributed by atoms with E-state index in [-0.39, 0.29) is 5.82 Å². The van der Waals surface area contributed by atoms with Crippen molar-refractivity contribution in [2.24, 2.45) is 0 Å². The quantitative estimate of drug-likeness (QED) is 0.668. The Balaban J connectivity index is 2.33. The molecule has 0 fully saturated rings. The van der Waals surface area contributed by atoms with Crippen LogP contribution in [-0.2, 0) is 0 Å². The van der Waals surface area contributed by atoms with Gasteiger partial charge in [-0.2, -0.15) is 0 Å². The molecule has 0 radical (unpaired) electrons. The van der Waals surface area contributed by atoms with Crippen molar-refractivity contribution in [2.45, 2.75) is 0 Å². The van der Waals surface area contributed by atoms with Gasteiger partial charge in [0, 0.05) is 11.9 Å². The molecule has 0 bridgehead atoms. The lowest BCUT2D eigenvalue weighted by atomic mass is 10.3. The van der Waals surface area contributed by atoms with E-state index >= 15 is 0 Å². The highest BCUT2D eigenvalue weighted by Crippen LogP contribution is 2.18. The molecule has 3 rings (SSSR count). The standard InChI is InChI=1S/C12H8FN3S/c13-8-1-3-9(4-2-8)16-11-5-6-14-7-10(11)15-12(16)17/h1-7H,(H,15,17). The van der Waals surface area contributed by atoms with Gasteiger partial charge < -0.3 is 4.98 Å². The van der Waals surface area contributed by atoms with Crippen LogP contribution in [0.3, 0.4) is 0 Å². The number of H-pyrrole nitrogens is 1. The van der Waals surface area contributed by atoms with E-state index in [1.165, 1.54) is 12.1 Å². The summed E-state index contributed by atoms with van der Waals surface area (Å²) in [6.07, 6.45) is 3.41. The molecule has 5 heteroatoms. The molecular weight excluding hydrogens is 237 g/mol. The predicted octanol–water partition coefficient (Wildman–Crippen LogP) is 3.22. The number of imidazole rings is 1. The van der Waals surface area contributed by atoms with Gasteiger partial charge in [-0.05, 0) is 42.5 Å². The second-order valence-corrected chi connectivity index (χ2v) is 4.02. The Bertz CT molecular complexity index is 727. The van der Waals surface area contributed by atoms with Gasteiger partial charge >= 0.3 is 0 Å². The number of halogens is 1. The van der Waals surface area contributed by atoms with Crippen LogP contribution in [0, 0.1) is 10.6 Å². The third-order valence-corrected chi connectivity index (χ3v) is 2.85. The molecule has 2 aromatic heterocycles. The Morgan fingerprint density at radius 2 is 1.94 bits per heavy atom. The van der Waals surface area contributed by atoms with Gasteiger partial charge in [-0.1, -0.05) is 0 Å². The first kappa shape index (κ1) is 10.2. The Morgan fingerprint density at radius 3 is 2.71 bits per heavy atom. The highest BCUT2D eigenvalue weighted by Gasteiger charge is 2.05. The molecule has 3 nitrogen and oxygen atoms in total. The molecule has 0 aliphatic heterocycles. The van der Waals surface area contributed by atoms with Crippen molar-refractivity contribution in [1.82, 2.24) is 14.5 Å². The molecule has 0 aliphatic rings. The molecule has 1 aromatic carbocycles. The number of nitrogens with zero attached hydrogens (tertiary/aromatic N) is 2. The maximum atomic E-state index is 12.9. The summed E-state index contributed by atoms with van der Waals surface area (Å²) in [4.78, 5) is 7.09. The first-order valence-electron chi connectivity index (χ1n) is 5.06. The average Bonchev–Trinajstić information content (AvgIpc) is 2.66. The first-order valence-corrected chi connectivity index (χ1v) is 5.47. The van der Waals surface area contributed by atoms with Crippen LogP contribution in [0.4, 0.5) is 4.39 Å². The zero-order valence-corrected chi connectivity index (χ0v) is 9.54. The van der Waals surface area contributed by atoms with Gasteiger partial charge in [0.1, 0.15) is 5.82 Å². The molecule has 1 N–H and O–H groups in total. The van der Waals surface area contributed by atoms with E-state index in [4.69, 9.17) is 12.2 Å². The average molecular weight is 245 g/mol. The Morgan fingerprint density at radius 1 is 1.18 bits per heavy atom. The van der Waals surface area contributed by atoms with E-state index in [1.54, 1.807) is 24.5 Å². The zero-order valence-electron chi connectivity index (χ0n) is 8.72. The van der Waals surface area contributed by atoms with Crippen molar-refractivity contribution in [3.8, 4) is 5.69 Å². The van der Waals surface area contributed by atoms with E-state index in [0.29, 0.717) is 4.77 Å². The van der Waals surface area contributed by atoms with E-state index in [0.717, 1.165) is 16.7 Å². The minimum atomic E-state index is -0.262. The van der Waals surface area contributed by atoms with Gasteiger partial charge in [0.2, 0.25) is 0 Å². The Kier molecular flexibility index (Phi) is 2.26. The fourth-order valence-electron chi connectivity index (χ4n) is 1.81. The third kappa shape index (κ3) is 1.64. The first-order chi connectivity index (χ1) is 8.25. The van der Waals surface area contributed by atoms with Crippen molar-refractivity contribution >= 4 is 23.3 Å². The summed E-state index contributed by atoms with van der Waals surface area (Å²) < 4.78 is 15.3. The largest absolute Gasteiger partial charge is 0.329 e. The van der Waals surface area contributed by atoms with Crippen LogP contribution >= 0.6 is 12.2 Å². The van der Waals surface area contributed by atoms with Crippen LogP contribution in [-0.4, -0.2) is 14.5 Å². The minimum Gasteiger partial charge on any atom is -0.329 e. The SMILES string of the molecule is Fc1ccc(-n2c(=S)[nH]c3cnccc32)cc1. The predicted molar refractivity (Wildman–Crippen MR) is 66.2 cm³/mol. The molecule has 17 heavy (non-hydrogen) atoms. The maximum absolute atomic E-state index is 12.9. The highest BCUT2D eigenvalue weighted by atomic mass is 32.1. The summed E-state index contributed by atoms with van der Waals surface area (Å²) in [5, 5.41) is 0. The number of fused-ring (bicyclic) bond motifs is 1. The van der Waals surface area contributed by atoms with Gasteiger partial charge in [0.05, 0.1) is 17.2 Å². The van der Waals surface area contributed by atoms with Crippen molar-refractivity contribution in [3.63, 3.8) is 0 Å². The van der Waals surface area contributed by atoms with Crippen molar-refractivity contribution in [3.05, 3.63) is 53.3 Å². The molecule has 0 unspecified atom stereocenters. The van der Waals surface area contributed by atoms with E-state index < -0.39 is 0 Å². The number of nitrogens with one attached hydrogen (secondary N) is 1. The molecule has 0 spiro atoms. The van der Waals surface area contributed by atoms with Crippen LogP contribution in [0.25, 0.3) is 16.7 Å². The molecule has 0 aliphatic carbocycles. The van der Waals surface area contributed by atoms with Crippen molar-refractivity contribution in [2.75, 3.05) is 0 Å². The number of pyridine rings is 1. The molecule has 0 atom stereocenters. The lowest BCUT2D eigenvalue weighted by Crippen LogP contribution is -1.93. The Hall–Kier alpha value is -2.01. The van der Waals surface area contributed by atoms with Crippen LogP contribution in [0.1, 0.15) is 0 Å². The maximum Gasteiger partial charge on any atom is 0.182 e. The summed E-state index contributed by atoms with van der Waals surface area (Å²) in [5.74, 6) is -0.262. The summed E-state index contributed by atoms with van der Waals surface area (Å²) in [5.41, 5.74) is 2.62. The monoisotopic (exact) mass is 245 g/mol. The van der Waals surface area contributed by atoms with Crippen molar-refractivity contribution in [1.29, 1.82) is 0 Å². The molecule has 0 saturated carbocycles. The van der Waals surface area contributed by atoms with Gasteiger partial charge in [-0.15, -0.1) is 0 Å².